The number of carboxylic acids is 1. The molecule has 22 heavy (non-hydrogen) atoms. The Morgan fingerprint density at radius 1 is 1.05 bits per heavy atom. The third kappa shape index (κ3) is 2.76. The Morgan fingerprint density at radius 3 is 2.27 bits per heavy atom. The first-order valence-electron chi connectivity index (χ1n) is 7.06. The Morgan fingerprint density at radius 2 is 1.68 bits per heavy atom. The van der Waals surface area contributed by atoms with Gasteiger partial charge in [0.15, 0.2) is 5.76 Å². The molecule has 0 aliphatic rings. The van der Waals surface area contributed by atoms with E-state index in [-0.39, 0.29) is 5.56 Å². The third-order valence-electron chi connectivity index (χ3n) is 3.53. The summed E-state index contributed by atoms with van der Waals surface area (Å²) in [5.41, 5.74) is 3.23. The van der Waals surface area contributed by atoms with E-state index in [4.69, 9.17) is 9.52 Å². The van der Waals surface area contributed by atoms with Gasteiger partial charge in [-0.25, -0.2) is 9.78 Å². The lowest BCUT2D eigenvalue weighted by molar-refractivity contribution is 0.0697. The summed E-state index contributed by atoms with van der Waals surface area (Å²) in [6.45, 7) is 2.11. The van der Waals surface area contributed by atoms with Crippen molar-refractivity contribution in [1.29, 1.82) is 0 Å². The molecular weight excluding hydrogens is 278 g/mol. The van der Waals surface area contributed by atoms with Crippen LogP contribution in [0.1, 0.15) is 22.8 Å². The summed E-state index contributed by atoms with van der Waals surface area (Å²) >= 11 is 0. The lowest BCUT2D eigenvalue weighted by Crippen LogP contribution is -1.94. The maximum Gasteiger partial charge on any atom is 0.335 e. The molecule has 0 aliphatic carbocycles. The van der Waals surface area contributed by atoms with Gasteiger partial charge in [-0.15, -0.1) is 0 Å². The van der Waals surface area contributed by atoms with Crippen LogP contribution in [0.3, 0.4) is 0 Å². The molecule has 4 heteroatoms. The van der Waals surface area contributed by atoms with Crippen molar-refractivity contribution in [3.8, 4) is 22.8 Å². The number of aromatic nitrogens is 1. The van der Waals surface area contributed by atoms with E-state index in [1.807, 2.05) is 12.1 Å². The largest absolute Gasteiger partial charge is 0.478 e. The second kappa shape index (κ2) is 5.85. The maximum atomic E-state index is 10.9. The van der Waals surface area contributed by atoms with Gasteiger partial charge in [0.2, 0.25) is 5.89 Å². The number of carboxylic acid groups (broad SMARTS) is 1. The Balaban J connectivity index is 1.87. The van der Waals surface area contributed by atoms with E-state index in [9.17, 15) is 4.79 Å². The molecule has 0 spiro atoms. The number of benzene rings is 2. The van der Waals surface area contributed by atoms with Crippen LogP contribution in [-0.4, -0.2) is 16.1 Å². The van der Waals surface area contributed by atoms with Crippen LogP contribution in [0.4, 0.5) is 0 Å². The van der Waals surface area contributed by atoms with Crippen LogP contribution in [0.25, 0.3) is 22.8 Å². The van der Waals surface area contributed by atoms with Crippen LogP contribution >= 0.6 is 0 Å². The Labute approximate surface area is 128 Å². The Hall–Kier alpha value is -2.88. The highest BCUT2D eigenvalue weighted by atomic mass is 16.4. The summed E-state index contributed by atoms with van der Waals surface area (Å²) in [6.07, 6.45) is 2.68. The predicted molar refractivity (Wildman–Crippen MR) is 83.7 cm³/mol. The van der Waals surface area contributed by atoms with Crippen molar-refractivity contribution < 1.29 is 14.3 Å². The number of rotatable bonds is 4. The monoisotopic (exact) mass is 293 g/mol. The Bertz CT molecular complexity index is 786. The molecule has 1 aromatic heterocycles. The molecule has 0 saturated carbocycles. The highest BCUT2D eigenvalue weighted by molar-refractivity contribution is 5.88. The van der Waals surface area contributed by atoms with Gasteiger partial charge >= 0.3 is 5.97 Å². The molecule has 1 N–H and O–H groups in total. The second-order valence-electron chi connectivity index (χ2n) is 4.96. The van der Waals surface area contributed by atoms with Crippen LogP contribution in [0.15, 0.2) is 59.1 Å². The molecule has 0 fully saturated rings. The zero-order chi connectivity index (χ0) is 15.5. The number of nitrogens with zero attached hydrogens (tertiary/aromatic N) is 1. The van der Waals surface area contributed by atoms with Crippen molar-refractivity contribution in [2.45, 2.75) is 13.3 Å². The molecule has 4 nitrogen and oxygen atoms in total. The highest BCUT2D eigenvalue weighted by Crippen LogP contribution is 2.26. The van der Waals surface area contributed by atoms with Crippen LogP contribution in [-0.2, 0) is 6.42 Å². The molecule has 2 aromatic carbocycles. The van der Waals surface area contributed by atoms with E-state index in [0.717, 1.165) is 17.5 Å². The normalized spacial score (nSPS) is 10.6. The molecule has 0 atom stereocenters. The van der Waals surface area contributed by atoms with Crippen molar-refractivity contribution in [2.24, 2.45) is 0 Å². The van der Waals surface area contributed by atoms with E-state index < -0.39 is 5.97 Å². The first kappa shape index (κ1) is 14.1. The van der Waals surface area contributed by atoms with E-state index in [1.165, 1.54) is 17.7 Å². The number of aromatic carboxylic acids is 1. The quantitative estimate of drug-likeness (QED) is 0.780. The minimum atomic E-state index is -0.948. The molecule has 0 amide bonds. The lowest BCUT2D eigenvalue weighted by atomic mass is 10.1. The van der Waals surface area contributed by atoms with Gasteiger partial charge in [0.05, 0.1) is 11.8 Å². The minimum absolute atomic E-state index is 0.241. The van der Waals surface area contributed by atoms with Gasteiger partial charge in [0.25, 0.3) is 0 Å². The average Bonchev–Trinajstić information content (AvgIpc) is 3.05. The summed E-state index contributed by atoms with van der Waals surface area (Å²) in [7, 11) is 0. The van der Waals surface area contributed by atoms with Gasteiger partial charge in [0.1, 0.15) is 0 Å². The van der Waals surface area contributed by atoms with Gasteiger partial charge in [-0.3, -0.25) is 0 Å². The van der Waals surface area contributed by atoms with Gasteiger partial charge < -0.3 is 9.52 Å². The molecule has 0 radical (unpaired) electrons. The highest BCUT2D eigenvalue weighted by Gasteiger charge is 2.09. The number of hydrogen-bond donors (Lipinski definition) is 1. The zero-order valence-corrected chi connectivity index (χ0v) is 12.1. The van der Waals surface area contributed by atoms with E-state index in [0.29, 0.717) is 11.7 Å². The van der Waals surface area contributed by atoms with E-state index in [1.54, 1.807) is 18.3 Å². The van der Waals surface area contributed by atoms with Crippen molar-refractivity contribution in [2.75, 3.05) is 0 Å². The molecule has 3 rings (SSSR count). The summed E-state index contributed by atoms with van der Waals surface area (Å²) in [6, 6.07) is 14.6. The average molecular weight is 293 g/mol. The third-order valence-corrected chi connectivity index (χ3v) is 3.53. The Kier molecular flexibility index (Phi) is 3.74. The lowest BCUT2D eigenvalue weighted by Gasteiger charge is -1.99. The first-order valence-corrected chi connectivity index (χ1v) is 7.06. The van der Waals surface area contributed by atoms with Gasteiger partial charge in [-0.2, -0.15) is 0 Å². The molecule has 110 valence electrons. The van der Waals surface area contributed by atoms with Crippen LogP contribution in [0.2, 0.25) is 0 Å². The predicted octanol–water partition coefficient (Wildman–Crippen LogP) is 4.27. The van der Waals surface area contributed by atoms with Crippen LogP contribution < -0.4 is 0 Å². The topological polar surface area (TPSA) is 63.3 Å². The number of carbonyl (C=O) groups is 1. The molecule has 3 aromatic rings. The van der Waals surface area contributed by atoms with Gasteiger partial charge in [-0.1, -0.05) is 31.2 Å². The van der Waals surface area contributed by atoms with E-state index in [2.05, 4.69) is 24.0 Å². The minimum Gasteiger partial charge on any atom is -0.478 e. The van der Waals surface area contributed by atoms with Crippen LogP contribution in [0, 0.1) is 0 Å². The second-order valence-corrected chi connectivity index (χ2v) is 4.96. The molecule has 0 saturated heterocycles. The smallest absolute Gasteiger partial charge is 0.335 e. The summed E-state index contributed by atoms with van der Waals surface area (Å²) in [4.78, 5) is 15.1. The summed E-state index contributed by atoms with van der Waals surface area (Å²) in [5.74, 6) is 0.224. The molecule has 1 heterocycles. The number of oxazole rings is 1. The van der Waals surface area contributed by atoms with Crippen molar-refractivity contribution in [1.82, 2.24) is 4.98 Å². The van der Waals surface area contributed by atoms with E-state index >= 15 is 0 Å². The fourth-order valence-corrected chi connectivity index (χ4v) is 2.20. The van der Waals surface area contributed by atoms with Crippen molar-refractivity contribution in [3.05, 3.63) is 65.9 Å². The summed E-state index contributed by atoms with van der Waals surface area (Å²) < 4.78 is 5.77. The molecular formula is C18H15NO3. The van der Waals surface area contributed by atoms with Crippen molar-refractivity contribution in [3.63, 3.8) is 0 Å². The fraction of sp³-hybridized carbons (Fsp3) is 0.111. The molecule has 0 unspecified atom stereocenters. The zero-order valence-electron chi connectivity index (χ0n) is 12.1. The molecule has 0 bridgehead atoms. The summed E-state index contributed by atoms with van der Waals surface area (Å²) in [5, 5.41) is 8.90. The SMILES string of the molecule is CCc1ccc(-c2cnc(-c3ccc(C(=O)O)cc3)o2)cc1. The van der Waals surface area contributed by atoms with Gasteiger partial charge in [0, 0.05) is 11.1 Å². The molecule has 0 aliphatic heterocycles. The fourth-order valence-electron chi connectivity index (χ4n) is 2.20. The number of aryl methyl sites for hydroxylation is 1. The van der Waals surface area contributed by atoms with Crippen molar-refractivity contribution >= 4 is 5.97 Å². The standard InChI is InChI=1S/C18H15NO3/c1-2-12-3-5-13(6-4-12)16-11-19-17(22-16)14-7-9-15(10-8-14)18(20)21/h3-11H,2H2,1H3,(H,20,21). The van der Waals surface area contributed by atoms with Crippen LogP contribution in [0.5, 0.6) is 0 Å². The van der Waals surface area contributed by atoms with Gasteiger partial charge in [-0.05, 0) is 36.2 Å². The maximum absolute atomic E-state index is 10.9. The first-order chi connectivity index (χ1) is 10.7. The number of hydrogen-bond acceptors (Lipinski definition) is 3.